The van der Waals surface area contributed by atoms with E-state index in [0.29, 0.717) is 17.1 Å². The van der Waals surface area contributed by atoms with Crippen LogP contribution in [0, 0.1) is 0 Å². The summed E-state index contributed by atoms with van der Waals surface area (Å²) in [5, 5.41) is 7.01. The first kappa shape index (κ1) is 17.9. The number of aromatic nitrogens is 1. The third-order valence-corrected chi connectivity index (χ3v) is 4.78. The predicted octanol–water partition coefficient (Wildman–Crippen LogP) is 4.32. The van der Waals surface area contributed by atoms with Gasteiger partial charge in [0, 0.05) is 17.1 Å². The summed E-state index contributed by atoms with van der Waals surface area (Å²) in [4.78, 5) is 16.9. The predicted molar refractivity (Wildman–Crippen MR) is 103 cm³/mol. The highest BCUT2D eigenvalue weighted by Gasteiger charge is 2.14. The number of rotatable bonds is 6. The number of ether oxygens (including phenoxy) is 2. The Balaban J connectivity index is 1.71. The summed E-state index contributed by atoms with van der Waals surface area (Å²) in [7, 11) is 3.18. The Labute approximate surface area is 156 Å². The lowest BCUT2D eigenvalue weighted by molar-refractivity contribution is 0.0939. The molecule has 0 radical (unpaired) electrons. The Morgan fingerprint density at radius 2 is 1.92 bits per heavy atom. The number of nitrogens with zero attached hydrogens (tertiary/aromatic N) is 1. The van der Waals surface area contributed by atoms with Gasteiger partial charge in [0.2, 0.25) is 0 Å². The molecule has 0 aliphatic heterocycles. The third-order valence-electron chi connectivity index (χ3n) is 4.10. The topological polar surface area (TPSA) is 60.5 Å². The lowest BCUT2D eigenvalue weighted by Gasteiger charge is -2.16. The van der Waals surface area contributed by atoms with Crippen molar-refractivity contribution in [3.63, 3.8) is 0 Å². The van der Waals surface area contributed by atoms with Crippen molar-refractivity contribution in [1.29, 1.82) is 0 Å². The number of nitrogens with one attached hydrogen (secondary N) is 1. The van der Waals surface area contributed by atoms with E-state index in [-0.39, 0.29) is 11.9 Å². The van der Waals surface area contributed by atoms with Crippen LogP contribution in [0.3, 0.4) is 0 Å². The van der Waals surface area contributed by atoms with Gasteiger partial charge in [-0.25, -0.2) is 0 Å². The molecule has 134 valence electrons. The van der Waals surface area contributed by atoms with E-state index in [1.54, 1.807) is 37.8 Å². The van der Waals surface area contributed by atoms with E-state index in [2.05, 4.69) is 10.3 Å². The third kappa shape index (κ3) is 3.86. The fourth-order valence-corrected chi connectivity index (χ4v) is 3.24. The molecule has 1 N–H and O–H groups in total. The van der Waals surface area contributed by atoms with Crippen molar-refractivity contribution >= 4 is 17.2 Å². The fourth-order valence-electron chi connectivity index (χ4n) is 2.59. The first-order chi connectivity index (χ1) is 12.6. The van der Waals surface area contributed by atoms with Crippen LogP contribution in [0.25, 0.3) is 11.3 Å². The Morgan fingerprint density at radius 3 is 2.54 bits per heavy atom. The molecule has 2 aromatic heterocycles. The van der Waals surface area contributed by atoms with Gasteiger partial charge < -0.3 is 14.8 Å². The second-order valence-corrected chi connectivity index (χ2v) is 6.53. The first-order valence-electron chi connectivity index (χ1n) is 8.13. The van der Waals surface area contributed by atoms with Crippen LogP contribution in [-0.2, 0) is 0 Å². The molecule has 0 bridgehead atoms. The average Bonchev–Trinajstić information content (AvgIpc) is 3.22. The lowest BCUT2D eigenvalue weighted by Crippen LogP contribution is -2.26. The summed E-state index contributed by atoms with van der Waals surface area (Å²) in [5.74, 6) is 1.12. The number of carbonyl (C=O) groups is 1. The van der Waals surface area contributed by atoms with Crippen LogP contribution >= 0.6 is 11.3 Å². The van der Waals surface area contributed by atoms with E-state index < -0.39 is 0 Å². The molecule has 3 rings (SSSR count). The minimum atomic E-state index is -0.182. The molecule has 5 nitrogen and oxygen atoms in total. The van der Waals surface area contributed by atoms with Gasteiger partial charge in [0.1, 0.15) is 0 Å². The number of carbonyl (C=O) groups excluding carboxylic acids is 1. The van der Waals surface area contributed by atoms with Gasteiger partial charge in [-0.15, -0.1) is 0 Å². The summed E-state index contributed by atoms with van der Waals surface area (Å²) in [6.45, 7) is 1.92. The quantitative estimate of drug-likeness (QED) is 0.704. The van der Waals surface area contributed by atoms with E-state index in [1.165, 1.54) is 0 Å². The molecule has 6 heteroatoms. The summed E-state index contributed by atoms with van der Waals surface area (Å²) < 4.78 is 10.6. The van der Waals surface area contributed by atoms with Crippen molar-refractivity contribution in [3.05, 3.63) is 64.5 Å². The molecule has 2 heterocycles. The maximum Gasteiger partial charge on any atom is 0.253 e. The van der Waals surface area contributed by atoms with E-state index >= 15 is 0 Å². The summed E-state index contributed by atoms with van der Waals surface area (Å²) in [6.07, 6.45) is 1.60. The van der Waals surface area contributed by atoms with Gasteiger partial charge in [-0.1, -0.05) is 6.07 Å². The molecule has 0 unspecified atom stereocenters. The Kier molecular flexibility index (Phi) is 5.53. The Morgan fingerprint density at radius 1 is 1.12 bits per heavy atom. The molecule has 1 atom stereocenters. The van der Waals surface area contributed by atoms with Gasteiger partial charge in [0.05, 0.1) is 31.5 Å². The van der Waals surface area contributed by atoms with Crippen LogP contribution < -0.4 is 14.8 Å². The van der Waals surface area contributed by atoms with Crippen LogP contribution in [0.4, 0.5) is 0 Å². The van der Waals surface area contributed by atoms with Crippen molar-refractivity contribution in [2.75, 3.05) is 14.2 Å². The average molecular weight is 368 g/mol. The minimum absolute atomic E-state index is 0.170. The van der Waals surface area contributed by atoms with Crippen LogP contribution in [0.15, 0.2) is 53.4 Å². The van der Waals surface area contributed by atoms with Crippen LogP contribution in [0.2, 0.25) is 0 Å². The van der Waals surface area contributed by atoms with Crippen molar-refractivity contribution in [1.82, 2.24) is 10.3 Å². The van der Waals surface area contributed by atoms with E-state index in [0.717, 1.165) is 16.8 Å². The molecule has 0 fully saturated rings. The van der Waals surface area contributed by atoms with Gasteiger partial charge in [0.25, 0.3) is 5.91 Å². The molecule has 0 saturated heterocycles. The second-order valence-electron chi connectivity index (χ2n) is 5.75. The van der Waals surface area contributed by atoms with Crippen LogP contribution in [0.1, 0.15) is 28.9 Å². The summed E-state index contributed by atoms with van der Waals surface area (Å²) in [5.41, 5.74) is 3.37. The van der Waals surface area contributed by atoms with E-state index in [9.17, 15) is 4.79 Å². The number of pyridine rings is 1. The van der Waals surface area contributed by atoms with Crippen molar-refractivity contribution < 1.29 is 14.3 Å². The molecule has 0 aliphatic rings. The van der Waals surface area contributed by atoms with Crippen molar-refractivity contribution in [2.45, 2.75) is 13.0 Å². The zero-order valence-corrected chi connectivity index (χ0v) is 15.7. The maximum absolute atomic E-state index is 12.5. The van der Waals surface area contributed by atoms with Gasteiger partial charge in [0.15, 0.2) is 11.5 Å². The molecule has 1 aromatic carbocycles. The highest BCUT2D eigenvalue weighted by atomic mass is 32.1. The minimum Gasteiger partial charge on any atom is -0.493 e. The van der Waals surface area contributed by atoms with Crippen molar-refractivity contribution in [2.24, 2.45) is 0 Å². The lowest BCUT2D eigenvalue weighted by atomic mass is 10.1. The Hall–Kier alpha value is -2.86. The first-order valence-corrected chi connectivity index (χ1v) is 9.08. The molecule has 3 aromatic rings. The van der Waals surface area contributed by atoms with Gasteiger partial charge in [-0.05, 0) is 48.2 Å². The Bertz CT molecular complexity index is 877. The normalized spacial score (nSPS) is 11.7. The second kappa shape index (κ2) is 8.01. The molecule has 1 amide bonds. The van der Waals surface area contributed by atoms with E-state index in [1.807, 2.05) is 48.0 Å². The van der Waals surface area contributed by atoms with Crippen molar-refractivity contribution in [3.8, 4) is 22.8 Å². The molecular formula is C20H20N2O3S. The van der Waals surface area contributed by atoms with Gasteiger partial charge in [-0.2, -0.15) is 11.3 Å². The fraction of sp³-hybridized carbons (Fsp3) is 0.200. The van der Waals surface area contributed by atoms with Crippen LogP contribution in [0.5, 0.6) is 11.5 Å². The number of thiophene rings is 1. The highest BCUT2D eigenvalue weighted by Crippen LogP contribution is 2.30. The largest absolute Gasteiger partial charge is 0.493 e. The number of methoxy groups -OCH3 is 2. The summed E-state index contributed by atoms with van der Waals surface area (Å²) in [6, 6.07) is 11.1. The summed E-state index contributed by atoms with van der Waals surface area (Å²) >= 11 is 1.62. The highest BCUT2D eigenvalue weighted by molar-refractivity contribution is 7.08. The zero-order valence-electron chi connectivity index (χ0n) is 14.9. The molecular weight excluding hydrogens is 348 g/mol. The van der Waals surface area contributed by atoms with E-state index in [4.69, 9.17) is 9.47 Å². The number of benzene rings is 1. The monoisotopic (exact) mass is 368 g/mol. The zero-order chi connectivity index (χ0) is 18.5. The molecule has 0 spiro atoms. The molecule has 26 heavy (non-hydrogen) atoms. The SMILES string of the molecule is COc1ccc([C@@H](C)NC(=O)c2ccc(-c3ccsc3)nc2)cc1OC. The maximum atomic E-state index is 12.5. The molecule has 0 saturated carbocycles. The molecule has 0 aliphatic carbocycles. The van der Waals surface area contributed by atoms with Gasteiger partial charge in [-0.3, -0.25) is 9.78 Å². The number of amides is 1. The standard InChI is InChI=1S/C20H20N2O3S/c1-13(14-5-7-18(24-2)19(10-14)25-3)22-20(23)15-4-6-17(21-11-15)16-8-9-26-12-16/h4-13H,1-3H3,(H,22,23)/t13-/m1/s1. The van der Waals surface area contributed by atoms with Gasteiger partial charge >= 0.3 is 0 Å². The smallest absolute Gasteiger partial charge is 0.253 e. The number of hydrogen-bond donors (Lipinski definition) is 1. The number of hydrogen-bond acceptors (Lipinski definition) is 5. The van der Waals surface area contributed by atoms with Crippen LogP contribution in [-0.4, -0.2) is 25.1 Å².